The molecule has 136 valence electrons. The molecule has 0 N–H and O–H groups in total. The van der Waals surface area contributed by atoms with Crippen molar-refractivity contribution in [2.45, 2.75) is 51.5 Å². The van der Waals surface area contributed by atoms with E-state index in [9.17, 15) is 4.79 Å². The lowest BCUT2D eigenvalue weighted by Gasteiger charge is -2.31. The first-order valence-electron chi connectivity index (χ1n) is 10.3. The summed E-state index contributed by atoms with van der Waals surface area (Å²) >= 11 is 0. The minimum atomic E-state index is 0.117. The first-order chi connectivity index (χ1) is 12.2. The van der Waals surface area contributed by atoms with Gasteiger partial charge >= 0.3 is 0 Å². The molecule has 1 aromatic heterocycles. The molecule has 2 aliphatic carbocycles. The second-order valence-electron chi connectivity index (χ2n) is 8.85. The van der Waals surface area contributed by atoms with Crippen LogP contribution in [-0.2, 0) is 0 Å². The van der Waals surface area contributed by atoms with Crippen molar-refractivity contribution in [1.82, 2.24) is 9.80 Å². The average Bonchev–Trinajstić information content (AvgIpc) is 3.42. The number of rotatable bonds is 3. The molecule has 4 fully saturated rings. The van der Waals surface area contributed by atoms with Gasteiger partial charge in [-0.15, -0.1) is 0 Å². The molecular weight excluding hydrogens is 312 g/mol. The van der Waals surface area contributed by atoms with Crippen molar-refractivity contribution in [2.75, 3.05) is 26.2 Å². The number of amides is 1. The van der Waals surface area contributed by atoms with Gasteiger partial charge in [-0.05, 0) is 87.9 Å². The third-order valence-electron chi connectivity index (χ3n) is 7.61. The summed E-state index contributed by atoms with van der Waals surface area (Å²) in [5, 5.41) is 0. The van der Waals surface area contributed by atoms with E-state index < -0.39 is 0 Å². The second-order valence-corrected chi connectivity index (χ2v) is 8.85. The third kappa shape index (κ3) is 2.64. The zero-order valence-electron chi connectivity index (χ0n) is 15.3. The third-order valence-corrected chi connectivity index (χ3v) is 7.61. The molecule has 1 aromatic rings. The highest BCUT2D eigenvalue weighted by molar-refractivity contribution is 5.91. The number of carbonyl (C=O) groups is 1. The topological polar surface area (TPSA) is 36.7 Å². The van der Waals surface area contributed by atoms with Crippen LogP contribution in [-0.4, -0.2) is 41.9 Å². The molecule has 0 spiro atoms. The lowest BCUT2D eigenvalue weighted by Crippen LogP contribution is -2.32. The molecule has 4 aliphatic rings. The Morgan fingerprint density at radius 3 is 2.44 bits per heavy atom. The molecule has 2 bridgehead atoms. The first-order valence-corrected chi connectivity index (χ1v) is 10.3. The summed E-state index contributed by atoms with van der Waals surface area (Å²) in [6, 6.07) is 4.20. The van der Waals surface area contributed by atoms with E-state index in [-0.39, 0.29) is 11.9 Å². The number of fused-ring (bicyclic) bond motifs is 5. The molecular formula is C21H30N2O2. The largest absolute Gasteiger partial charge is 0.454 e. The van der Waals surface area contributed by atoms with Crippen molar-refractivity contribution < 1.29 is 9.21 Å². The number of hydrogen-bond acceptors (Lipinski definition) is 3. The highest BCUT2D eigenvalue weighted by Crippen LogP contribution is 2.55. The standard InChI is InChI=1S/C21H30N2O2/c1-14(22-9-3-2-4-10-22)19-7-8-20(25-19)21(24)23-12-17-15-5-6-16(11-15)18(17)13-23/h7-8,14-18H,2-6,9-13H2,1H3/t14-,15-,16+,17-,18+/m0/s1. The van der Waals surface area contributed by atoms with Crippen LogP contribution < -0.4 is 0 Å². The molecule has 0 radical (unpaired) electrons. The maximum atomic E-state index is 12.9. The van der Waals surface area contributed by atoms with E-state index in [4.69, 9.17) is 4.42 Å². The summed E-state index contributed by atoms with van der Waals surface area (Å²) < 4.78 is 6.03. The number of furan rings is 1. The molecule has 5 atom stereocenters. The van der Waals surface area contributed by atoms with Crippen molar-refractivity contribution in [3.05, 3.63) is 23.7 Å². The molecule has 3 heterocycles. The van der Waals surface area contributed by atoms with E-state index in [2.05, 4.69) is 16.7 Å². The van der Waals surface area contributed by atoms with Gasteiger partial charge in [-0.1, -0.05) is 6.42 Å². The zero-order chi connectivity index (χ0) is 17.0. The fraction of sp³-hybridized carbons (Fsp3) is 0.762. The molecule has 2 saturated heterocycles. The van der Waals surface area contributed by atoms with Crippen LogP contribution in [0.15, 0.2) is 16.5 Å². The highest BCUT2D eigenvalue weighted by atomic mass is 16.4. The van der Waals surface area contributed by atoms with Gasteiger partial charge in [0.25, 0.3) is 5.91 Å². The van der Waals surface area contributed by atoms with Gasteiger partial charge in [-0.3, -0.25) is 9.69 Å². The summed E-state index contributed by atoms with van der Waals surface area (Å²) in [5.41, 5.74) is 0. The quantitative estimate of drug-likeness (QED) is 0.835. The van der Waals surface area contributed by atoms with Gasteiger partial charge < -0.3 is 9.32 Å². The maximum Gasteiger partial charge on any atom is 0.289 e. The maximum absolute atomic E-state index is 12.9. The second kappa shape index (κ2) is 6.15. The molecule has 5 rings (SSSR count). The Balaban J connectivity index is 1.26. The Bertz CT molecular complexity index is 630. The molecule has 1 amide bonds. The van der Waals surface area contributed by atoms with Crippen LogP contribution in [0.2, 0.25) is 0 Å². The first kappa shape index (κ1) is 15.9. The van der Waals surface area contributed by atoms with Crippen LogP contribution >= 0.6 is 0 Å². The number of likely N-dealkylation sites (tertiary alicyclic amines) is 2. The minimum Gasteiger partial charge on any atom is -0.454 e. The fourth-order valence-corrected chi connectivity index (χ4v) is 6.18. The summed E-state index contributed by atoms with van der Waals surface area (Å²) in [7, 11) is 0. The Hall–Kier alpha value is -1.29. The summed E-state index contributed by atoms with van der Waals surface area (Å²) in [6.45, 7) is 6.41. The average molecular weight is 342 g/mol. The van der Waals surface area contributed by atoms with Crippen LogP contribution in [0.4, 0.5) is 0 Å². The number of piperidine rings is 1. The van der Waals surface area contributed by atoms with Crippen LogP contribution in [0, 0.1) is 23.7 Å². The minimum absolute atomic E-state index is 0.117. The summed E-state index contributed by atoms with van der Waals surface area (Å²) in [6.07, 6.45) is 8.10. The van der Waals surface area contributed by atoms with E-state index in [1.165, 1.54) is 38.5 Å². The van der Waals surface area contributed by atoms with Crippen molar-refractivity contribution in [2.24, 2.45) is 23.7 Å². The predicted octanol–water partition coefficient (Wildman–Crippen LogP) is 3.94. The molecule has 4 heteroatoms. The smallest absolute Gasteiger partial charge is 0.289 e. The number of nitrogens with zero attached hydrogens (tertiary/aromatic N) is 2. The summed E-state index contributed by atoms with van der Waals surface area (Å²) in [4.78, 5) is 17.5. The van der Waals surface area contributed by atoms with Crippen LogP contribution in [0.3, 0.4) is 0 Å². The number of carbonyl (C=O) groups excluding carboxylic acids is 1. The molecule has 2 saturated carbocycles. The van der Waals surface area contributed by atoms with Crippen LogP contribution in [0.5, 0.6) is 0 Å². The Labute approximate surface area is 150 Å². The normalized spacial score (nSPS) is 36.0. The van der Waals surface area contributed by atoms with E-state index >= 15 is 0 Å². The van der Waals surface area contributed by atoms with E-state index in [0.717, 1.165) is 55.6 Å². The van der Waals surface area contributed by atoms with Gasteiger partial charge in [-0.2, -0.15) is 0 Å². The lowest BCUT2D eigenvalue weighted by atomic mass is 9.82. The van der Waals surface area contributed by atoms with Crippen molar-refractivity contribution in [1.29, 1.82) is 0 Å². The Morgan fingerprint density at radius 1 is 1.08 bits per heavy atom. The van der Waals surface area contributed by atoms with Gasteiger partial charge in [0.05, 0.1) is 6.04 Å². The molecule has 0 unspecified atom stereocenters. The van der Waals surface area contributed by atoms with Gasteiger partial charge in [0.15, 0.2) is 5.76 Å². The van der Waals surface area contributed by atoms with Crippen molar-refractivity contribution in [3.63, 3.8) is 0 Å². The number of hydrogen-bond donors (Lipinski definition) is 0. The zero-order valence-corrected chi connectivity index (χ0v) is 15.3. The van der Waals surface area contributed by atoms with Gasteiger partial charge in [-0.25, -0.2) is 0 Å². The molecule has 25 heavy (non-hydrogen) atoms. The SMILES string of the molecule is C[C@@H](c1ccc(C(=O)N2C[C@@H]3[C@@H]4CC[C@@H](C4)[C@@H]3C2)o1)N1CCCCC1. The van der Waals surface area contributed by atoms with E-state index in [0.29, 0.717) is 5.76 Å². The molecule has 0 aromatic carbocycles. The lowest BCUT2D eigenvalue weighted by molar-refractivity contribution is 0.0736. The van der Waals surface area contributed by atoms with Crippen molar-refractivity contribution >= 4 is 5.91 Å². The monoisotopic (exact) mass is 342 g/mol. The fourth-order valence-electron chi connectivity index (χ4n) is 6.18. The van der Waals surface area contributed by atoms with Gasteiger partial charge in [0.1, 0.15) is 5.76 Å². The van der Waals surface area contributed by atoms with Gasteiger partial charge in [0.2, 0.25) is 0 Å². The van der Waals surface area contributed by atoms with E-state index in [1.54, 1.807) is 0 Å². The van der Waals surface area contributed by atoms with E-state index in [1.807, 2.05) is 12.1 Å². The molecule has 2 aliphatic heterocycles. The van der Waals surface area contributed by atoms with Gasteiger partial charge in [0, 0.05) is 13.1 Å². The molecule has 4 nitrogen and oxygen atoms in total. The summed E-state index contributed by atoms with van der Waals surface area (Å²) in [5.74, 6) is 4.92. The Morgan fingerprint density at radius 2 is 1.76 bits per heavy atom. The van der Waals surface area contributed by atoms with Crippen LogP contribution in [0.25, 0.3) is 0 Å². The Kier molecular flexibility index (Phi) is 3.92. The predicted molar refractivity (Wildman–Crippen MR) is 96.3 cm³/mol. The van der Waals surface area contributed by atoms with Crippen LogP contribution in [0.1, 0.15) is 67.8 Å². The highest BCUT2D eigenvalue weighted by Gasteiger charge is 2.52. The van der Waals surface area contributed by atoms with Crippen molar-refractivity contribution in [3.8, 4) is 0 Å².